The summed E-state index contributed by atoms with van der Waals surface area (Å²) in [5.74, 6) is 1.34. The first-order valence-electron chi connectivity index (χ1n) is 15.4. The van der Waals surface area contributed by atoms with Gasteiger partial charge in [0, 0.05) is 23.2 Å². The topological polar surface area (TPSA) is 103 Å². The van der Waals surface area contributed by atoms with Crippen LogP contribution in [-0.4, -0.2) is 88.0 Å². The van der Waals surface area contributed by atoms with Gasteiger partial charge in [-0.15, -0.1) is 0 Å². The van der Waals surface area contributed by atoms with Crippen LogP contribution in [0.1, 0.15) is 42.0 Å². The summed E-state index contributed by atoms with van der Waals surface area (Å²) in [5.41, 5.74) is 5.38. The van der Waals surface area contributed by atoms with Crippen LogP contribution in [0.25, 0.3) is 0 Å². The van der Waals surface area contributed by atoms with Gasteiger partial charge in [0.1, 0.15) is 11.7 Å². The summed E-state index contributed by atoms with van der Waals surface area (Å²) in [6.07, 6.45) is 10.4. The van der Waals surface area contributed by atoms with Crippen LogP contribution in [0.15, 0.2) is 59.7 Å². The molecule has 2 aromatic rings. The fourth-order valence-corrected chi connectivity index (χ4v) is 10.1. The van der Waals surface area contributed by atoms with Crippen LogP contribution in [0.3, 0.4) is 0 Å². The number of ether oxygens (including phenoxy) is 2. The Bertz CT molecular complexity index is 1740. The number of hydrogen-bond donors (Lipinski definition) is 3. The average Bonchev–Trinajstić information content (AvgIpc) is 3.54. The van der Waals surface area contributed by atoms with Crippen LogP contribution in [0.2, 0.25) is 0 Å². The molecule has 222 valence electrons. The van der Waals surface area contributed by atoms with Crippen LogP contribution < -0.4 is 9.47 Å². The number of likely N-dealkylation sites (tertiary alicyclic amines) is 2. The summed E-state index contributed by atoms with van der Waals surface area (Å²) >= 11 is 0. The molecular weight excluding hydrogens is 544 g/mol. The minimum Gasteiger partial charge on any atom is -0.504 e. The number of aliphatic hydroxyl groups is 1. The Hall–Kier alpha value is -3.59. The number of carbonyl (C=O) groups is 1. The Morgan fingerprint density at radius 1 is 0.860 bits per heavy atom. The monoisotopic (exact) mass is 580 g/mol. The molecule has 43 heavy (non-hydrogen) atoms. The van der Waals surface area contributed by atoms with Gasteiger partial charge < -0.3 is 24.8 Å². The number of ketones is 1. The minimum atomic E-state index is -1.13. The molecular formula is C35H36N2O6. The number of phenolic OH excluding ortho intramolecular Hbond substituents is 2. The first-order chi connectivity index (χ1) is 20.6. The molecule has 2 spiro atoms. The quantitative estimate of drug-likeness (QED) is 0.437. The Balaban J connectivity index is 0.000000121. The van der Waals surface area contributed by atoms with E-state index in [-0.39, 0.29) is 29.1 Å². The molecule has 0 amide bonds. The number of piperidine rings is 2. The molecule has 0 radical (unpaired) electrons. The fourth-order valence-electron chi connectivity index (χ4n) is 10.1. The Kier molecular flexibility index (Phi) is 4.88. The molecule has 8 aliphatic rings. The van der Waals surface area contributed by atoms with Gasteiger partial charge in [0.2, 0.25) is 0 Å². The van der Waals surface area contributed by atoms with Crippen molar-refractivity contribution in [3.8, 4) is 23.0 Å². The smallest absolute Gasteiger partial charge is 0.196 e. The second-order valence-corrected chi connectivity index (χ2v) is 13.8. The van der Waals surface area contributed by atoms with Crippen molar-refractivity contribution in [2.45, 2.75) is 73.3 Å². The van der Waals surface area contributed by atoms with Crippen LogP contribution in [0.5, 0.6) is 23.0 Å². The zero-order valence-corrected chi connectivity index (χ0v) is 24.6. The molecule has 0 aromatic heterocycles. The standard InChI is InChI=1S/C18H19NO2.C17H17NO4/c1-10-3-5-12-13-9-11-4-6-14(20)16-15(11)18(12,17(10)21-16)7-8-19(13)2;1-18-7-6-16-13-9-2-3-10(19)14(13)22-15(16)11(20)4-5-17(16,21)12(18)8-9/h3-6,13,17,20H,7-9H2,1-2H3;2-5,12,15,19,21H,6-8H2,1H3/t13-,17+,18+;12-,15+,16+,17-/m11/s1. The zero-order valence-electron chi connectivity index (χ0n) is 24.6. The van der Waals surface area contributed by atoms with E-state index in [1.165, 1.54) is 28.3 Å². The van der Waals surface area contributed by atoms with Gasteiger partial charge in [0.15, 0.2) is 34.9 Å². The van der Waals surface area contributed by atoms with Crippen molar-refractivity contribution in [3.63, 3.8) is 0 Å². The predicted molar refractivity (Wildman–Crippen MR) is 159 cm³/mol. The van der Waals surface area contributed by atoms with Crippen molar-refractivity contribution >= 4 is 5.78 Å². The van der Waals surface area contributed by atoms with Crippen molar-refractivity contribution < 1.29 is 29.6 Å². The maximum Gasteiger partial charge on any atom is 0.196 e. The van der Waals surface area contributed by atoms with E-state index in [9.17, 15) is 20.1 Å². The van der Waals surface area contributed by atoms with E-state index in [0.717, 1.165) is 42.8 Å². The molecule has 8 nitrogen and oxygen atoms in total. The van der Waals surface area contributed by atoms with Gasteiger partial charge in [-0.05, 0) is 106 Å². The number of phenols is 2. The van der Waals surface area contributed by atoms with Crippen LogP contribution in [-0.2, 0) is 28.5 Å². The molecule has 3 N–H and O–H groups in total. The molecule has 7 atom stereocenters. The molecule has 4 heterocycles. The molecule has 8 heteroatoms. The third-order valence-electron chi connectivity index (χ3n) is 12.1. The highest BCUT2D eigenvalue weighted by Gasteiger charge is 2.71. The van der Waals surface area contributed by atoms with Gasteiger partial charge in [0.05, 0.1) is 10.8 Å². The second-order valence-electron chi connectivity index (χ2n) is 13.8. The summed E-state index contributed by atoms with van der Waals surface area (Å²) < 4.78 is 12.2. The highest BCUT2D eigenvalue weighted by molar-refractivity contribution is 5.99. The third kappa shape index (κ3) is 2.82. The number of rotatable bonds is 0. The summed E-state index contributed by atoms with van der Waals surface area (Å²) in [4.78, 5) is 17.1. The van der Waals surface area contributed by atoms with Gasteiger partial charge in [-0.1, -0.05) is 24.3 Å². The highest BCUT2D eigenvalue weighted by atomic mass is 16.5. The highest BCUT2D eigenvalue weighted by Crippen LogP contribution is 2.64. The normalized spacial score (nSPS) is 38.6. The number of hydrogen-bond acceptors (Lipinski definition) is 8. The van der Waals surface area contributed by atoms with E-state index in [1.807, 2.05) is 13.1 Å². The first kappa shape index (κ1) is 25.9. The van der Waals surface area contributed by atoms with Gasteiger partial charge in [-0.3, -0.25) is 14.6 Å². The van der Waals surface area contributed by atoms with E-state index in [2.05, 4.69) is 42.0 Å². The van der Waals surface area contributed by atoms with E-state index in [1.54, 1.807) is 18.2 Å². The maximum absolute atomic E-state index is 12.4. The summed E-state index contributed by atoms with van der Waals surface area (Å²) in [6, 6.07) is 7.80. The largest absolute Gasteiger partial charge is 0.504 e. The van der Waals surface area contributed by atoms with Crippen molar-refractivity contribution in [1.29, 1.82) is 0 Å². The van der Waals surface area contributed by atoms with E-state index in [0.29, 0.717) is 30.4 Å². The minimum absolute atomic E-state index is 0.0301. The molecule has 4 aliphatic carbocycles. The Labute approximate surface area is 250 Å². The summed E-state index contributed by atoms with van der Waals surface area (Å²) in [7, 11) is 4.23. The van der Waals surface area contributed by atoms with Gasteiger partial charge in [-0.25, -0.2) is 0 Å². The van der Waals surface area contributed by atoms with Gasteiger partial charge in [0.25, 0.3) is 0 Å². The third-order valence-corrected chi connectivity index (χ3v) is 12.1. The number of carbonyl (C=O) groups excluding carboxylic acids is 1. The lowest BCUT2D eigenvalue weighted by atomic mass is 9.51. The molecule has 2 aromatic carbocycles. The number of benzene rings is 2. The second kappa shape index (κ2) is 8.11. The lowest BCUT2D eigenvalue weighted by Crippen LogP contribution is -2.74. The van der Waals surface area contributed by atoms with Gasteiger partial charge >= 0.3 is 0 Å². The van der Waals surface area contributed by atoms with E-state index < -0.39 is 17.1 Å². The van der Waals surface area contributed by atoms with Crippen LogP contribution >= 0.6 is 0 Å². The molecule has 0 unspecified atom stereocenters. The number of likely N-dealkylation sites (N-methyl/N-ethyl adjacent to an activating group) is 2. The van der Waals surface area contributed by atoms with Crippen molar-refractivity contribution in [2.75, 3.05) is 27.2 Å². The molecule has 0 saturated carbocycles. The maximum atomic E-state index is 12.4. The lowest BCUT2D eigenvalue weighted by molar-refractivity contribution is -0.151. The average molecular weight is 581 g/mol. The van der Waals surface area contributed by atoms with E-state index in [4.69, 9.17) is 9.47 Å². The molecule has 10 rings (SSSR count). The predicted octanol–water partition coefficient (Wildman–Crippen LogP) is 3.06. The lowest BCUT2D eigenvalue weighted by Gasteiger charge is -2.60. The summed E-state index contributed by atoms with van der Waals surface area (Å²) in [6.45, 7) is 4.03. The summed E-state index contributed by atoms with van der Waals surface area (Å²) in [5, 5.41) is 32.0. The number of allylic oxidation sites excluding steroid dienone is 2. The Morgan fingerprint density at radius 2 is 1.53 bits per heavy atom. The van der Waals surface area contributed by atoms with Crippen LogP contribution in [0, 0.1) is 0 Å². The molecule has 2 fully saturated rings. The Morgan fingerprint density at radius 3 is 2.30 bits per heavy atom. The first-order valence-corrected chi connectivity index (χ1v) is 15.4. The molecule has 4 bridgehead atoms. The molecule has 4 aliphatic heterocycles. The fraction of sp³-hybridized carbons (Fsp3) is 0.457. The number of aromatic hydroxyl groups is 2. The zero-order chi connectivity index (χ0) is 29.6. The molecule has 2 saturated heterocycles. The van der Waals surface area contributed by atoms with Crippen molar-refractivity contribution in [2.24, 2.45) is 0 Å². The SMILES string of the molecule is CC1=CC=C2[C@H]3Cc4ccc(O)c5c4[C@@]2(CCN3C)[C@H]1O5.CN1CC[C@]23c4c5ccc(O)c4O[C@H]2C(=O)C=C[C@@]3(O)[C@H]1C5. The van der Waals surface area contributed by atoms with Gasteiger partial charge in [-0.2, -0.15) is 0 Å². The number of nitrogens with zero attached hydrogens (tertiary/aromatic N) is 2. The van der Waals surface area contributed by atoms with Crippen molar-refractivity contribution in [1.82, 2.24) is 9.80 Å². The van der Waals surface area contributed by atoms with Crippen LogP contribution in [0.4, 0.5) is 0 Å². The van der Waals surface area contributed by atoms with E-state index >= 15 is 0 Å². The van der Waals surface area contributed by atoms with Crippen molar-refractivity contribution in [3.05, 3.63) is 82.0 Å².